The van der Waals surface area contributed by atoms with Crippen molar-refractivity contribution in [3.63, 3.8) is 0 Å². The first-order chi connectivity index (χ1) is 11.3. The molecule has 6 heteroatoms. The first-order valence-corrected chi connectivity index (χ1v) is 7.82. The first-order valence-electron chi connectivity index (χ1n) is 7.82. The van der Waals surface area contributed by atoms with Gasteiger partial charge in [-0.3, -0.25) is 9.55 Å². The number of hydrogen-bond acceptors (Lipinski definition) is 5. The van der Waals surface area contributed by atoms with Crippen LogP contribution in [0.3, 0.4) is 0 Å². The van der Waals surface area contributed by atoms with Crippen LogP contribution in [0.25, 0.3) is 17.1 Å². The second kappa shape index (κ2) is 5.62. The van der Waals surface area contributed by atoms with Gasteiger partial charge in [0.2, 0.25) is 0 Å². The van der Waals surface area contributed by atoms with Crippen molar-refractivity contribution >= 4 is 5.70 Å². The van der Waals surface area contributed by atoms with Gasteiger partial charge in [0.15, 0.2) is 5.82 Å². The molecule has 0 spiro atoms. The Morgan fingerprint density at radius 2 is 2.26 bits per heavy atom. The van der Waals surface area contributed by atoms with Gasteiger partial charge in [0.25, 0.3) is 0 Å². The fourth-order valence-electron chi connectivity index (χ4n) is 3.11. The van der Waals surface area contributed by atoms with Crippen molar-refractivity contribution in [2.45, 2.75) is 25.4 Å². The Labute approximate surface area is 134 Å². The largest absolute Gasteiger partial charge is 0.386 e. The maximum absolute atomic E-state index is 5.48. The number of ether oxygens (including phenoxy) is 1. The third kappa shape index (κ3) is 2.35. The van der Waals surface area contributed by atoms with Crippen molar-refractivity contribution in [1.82, 2.24) is 25.1 Å². The van der Waals surface area contributed by atoms with Crippen molar-refractivity contribution in [1.29, 1.82) is 0 Å². The Balaban J connectivity index is 1.88. The van der Waals surface area contributed by atoms with E-state index in [2.05, 4.69) is 44.1 Å². The summed E-state index contributed by atoms with van der Waals surface area (Å²) in [4.78, 5) is 4.21. The lowest BCUT2D eigenvalue weighted by Gasteiger charge is -2.22. The van der Waals surface area contributed by atoms with Crippen molar-refractivity contribution in [3.05, 3.63) is 48.2 Å². The van der Waals surface area contributed by atoms with Crippen molar-refractivity contribution in [2.75, 3.05) is 13.7 Å². The highest BCUT2D eigenvalue weighted by Crippen LogP contribution is 2.33. The van der Waals surface area contributed by atoms with Crippen LogP contribution in [-0.4, -0.2) is 39.5 Å². The minimum Gasteiger partial charge on any atom is -0.386 e. The van der Waals surface area contributed by atoms with E-state index >= 15 is 0 Å². The second-order valence-electron chi connectivity index (χ2n) is 5.94. The van der Waals surface area contributed by atoms with Gasteiger partial charge in [-0.05, 0) is 18.2 Å². The van der Waals surface area contributed by atoms with Crippen LogP contribution in [0.15, 0.2) is 42.4 Å². The number of pyridine rings is 1. The molecule has 2 unspecified atom stereocenters. The summed E-state index contributed by atoms with van der Waals surface area (Å²) >= 11 is 0. The number of nitrogens with one attached hydrogen (secondary N) is 1. The van der Waals surface area contributed by atoms with E-state index in [1.165, 1.54) is 5.70 Å². The third-order valence-electron chi connectivity index (χ3n) is 4.40. The summed E-state index contributed by atoms with van der Waals surface area (Å²) in [5, 5.41) is 12.4. The van der Waals surface area contributed by atoms with E-state index in [-0.39, 0.29) is 12.0 Å². The van der Waals surface area contributed by atoms with Gasteiger partial charge in [-0.25, -0.2) is 0 Å². The van der Waals surface area contributed by atoms with Gasteiger partial charge >= 0.3 is 0 Å². The fraction of sp³-hybridized carbons (Fsp3) is 0.353. The maximum atomic E-state index is 5.48. The summed E-state index contributed by atoms with van der Waals surface area (Å²) in [7, 11) is 1.74. The molecule has 0 saturated heterocycles. The fourth-order valence-corrected chi connectivity index (χ4v) is 3.11. The molecule has 2 atom stereocenters. The van der Waals surface area contributed by atoms with Gasteiger partial charge in [-0.1, -0.05) is 13.0 Å². The summed E-state index contributed by atoms with van der Waals surface area (Å²) < 4.78 is 7.63. The number of fused-ring (bicyclic) bond motifs is 2. The van der Waals surface area contributed by atoms with Crippen LogP contribution in [0.1, 0.15) is 25.1 Å². The molecule has 2 aromatic heterocycles. The topological polar surface area (TPSA) is 64.9 Å². The van der Waals surface area contributed by atoms with Crippen LogP contribution < -0.4 is 5.32 Å². The van der Waals surface area contributed by atoms with E-state index in [1.54, 1.807) is 13.3 Å². The average molecular weight is 309 g/mol. The maximum Gasteiger partial charge on any atom is 0.170 e. The lowest BCUT2D eigenvalue weighted by atomic mass is 10.1. The Morgan fingerprint density at radius 3 is 3.04 bits per heavy atom. The molecule has 0 saturated carbocycles. The molecule has 1 N–H and O–H groups in total. The Hall–Kier alpha value is -2.47. The van der Waals surface area contributed by atoms with Crippen LogP contribution in [-0.2, 0) is 4.74 Å². The van der Waals surface area contributed by atoms with Crippen LogP contribution in [0, 0.1) is 0 Å². The normalized spacial score (nSPS) is 23.0. The molecule has 0 amide bonds. The molecular formula is C17H19N5O. The van der Waals surface area contributed by atoms with Crippen LogP contribution in [0.4, 0.5) is 0 Å². The molecule has 0 aromatic carbocycles. The smallest absolute Gasteiger partial charge is 0.170 e. The predicted molar refractivity (Wildman–Crippen MR) is 87.4 cm³/mol. The van der Waals surface area contributed by atoms with Gasteiger partial charge in [0, 0.05) is 49.6 Å². The molecular weight excluding hydrogens is 290 g/mol. The number of allylic oxidation sites excluding steroid dienone is 2. The molecule has 1 aliphatic heterocycles. The van der Waals surface area contributed by atoms with Gasteiger partial charge < -0.3 is 10.1 Å². The van der Waals surface area contributed by atoms with Gasteiger partial charge in [-0.15, -0.1) is 10.2 Å². The lowest BCUT2D eigenvalue weighted by Crippen LogP contribution is -2.24. The molecule has 0 radical (unpaired) electrons. The third-order valence-corrected chi connectivity index (χ3v) is 4.40. The molecule has 2 aromatic rings. The number of aromatic nitrogens is 4. The zero-order valence-electron chi connectivity index (χ0n) is 13.2. The molecule has 0 bridgehead atoms. The number of hydrogen-bond donors (Lipinski definition) is 1. The number of methoxy groups -OCH3 is 1. The highest BCUT2D eigenvalue weighted by Gasteiger charge is 2.28. The SMILES string of the molecule is COC1C=CC2=C(C1)NCC(C)c1nnc(-c3cccnc3)n12. The monoisotopic (exact) mass is 309 g/mol. The lowest BCUT2D eigenvalue weighted by molar-refractivity contribution is 0.139. The van der Waals surface area contributed by atoms with E-state index in [4.69, 9.17) is 4.74 Å². The molecule has 0 fully saturated rings. The van der Waals surface area contributed by atoms with Crippen LogP contribution in [0.2, 0.25) is 0 Å². The summed E-state index contributed by atoms with van der Waals surface area (Å²) in [6.45, 7) is 3.00. The van der Waals surface area contributed by atoms with Gasteiger partial charge in [-0.2, -0.15) is 0 Å². The van der Waals surface area contributed by atoms with Crippen molar-refractivity contribution in [2.24, 2.45) is 0 Å². The highest BCUT2D eigenvalue weighted by atomic mass is 16.5. The molecule has 6 nitrogen and oxygen atoms in total. The van der Waals surface area contributed by atoms with E-state index in [1.807, 2.05) is 18.3 Å². The Morgan fingerprint density at radius 1 is 1.35 bits per heavy atom. The quantitative estimate of drug-likeness (QED) is 0.921. The zero-order valence-corrected chi connectivity index (χ0v) is 13.2. The average Bonchev–Trinajstić information content (AvgIpc) is 2.99. The van der Waals surface area contributed by atoms with E-state index in [0.717, 1.165) is 35.9 Å². The first kappa shape index (κ1) is 14.1. The minimum atomic E-state index is 0.108. The number of rotatable bonds is 2. The van der Waals surface area contributed by atoms with E-state index in [0.29, 0.717) is 0 Å². The zero-order chi connectivity index (χ0) is 15.8. The molecule has 118 valence electrons. The Bertz CT molecular complexity index is 778. The minimum absolute atomic E-state index is 0.108. The summed E-state index contributed by atoms with van der Waals surface area (Å²) in [6, 6.07) is 3.93. The standard InChI is InChI=1S/C17H19N5O/c1-11-9-19-14-8-13(23-2)5-6-15(14)22-16(11)20-21-17(22)12-4-3-7-18-10-12/h3-7,10-11,13,19H,8-9H2,1-2H3. The summed E-state index contributed by atoms with van der Waals surface area (Å²) in [6.07, 6.45) is 8.72. The summed E-state index contributed by atoms with van der Waals surface area (Å²) in [5.41, 5.74) is 3.24. The van der Waals surface area contributed by atoms with Gasteiger partial charge in [0.05, 0.1) is 11.8 Å². The van der Waals surface area contributed by atoms with Gasteiger partial charge in [0.1, 0.15) is 5.82 Å². The molecule has 4 rings (SSSR count). The number of nitrogens with zero attached hydrogens (tertiary/aromatic N) is 4. The van der Waals surface area contributed by atoms with E-state index in [9.17, 15) is 0 Å². The molecule has 23 heavy (non-hydrogen) atoms. The molecule has 3 heterocycles. The van der Waals surface area contributed by atoms with Crippen LogP contribution >= 0.6 is 0 Å². The summed E-state index contributed by atoms with van der Waals surface area (Å²) in [5.74, 6) is 2.08. The van der Waals surface area contributed by atoms with Crippen LogP contribution in [0.5, 0.6) is 0 Å². The second-order valence-corrected chi connectivity index (χ2v) is 5.94. The van der Waals surface area contributed by atoms with Crippen molar-refractivity contribution in [3.8, 4) is 11.4 Å². The molecule has 1 aliphatic carbocycles. The van der Waals surface area contributed by atoms with Crippen molar-refractivity contribution < 1.29 is 4.74 Å². The predicted octanol–water partition coefficient (Wildman–Crippen LogP) is 2.19. The molecule has 2 aliphatic rings. The van der Waals surface area contributed by atoms with E-state index < -0.39 is 0 Å². The Kier molecular flexibility index (Phi) is 3.46. The highest BCUT2D eigenvalue weighted by molar-refractivity contribution is 5.70.